The number of urea groups is 1. The third-order valence-electron chi connectivity index (χ3n) is 3.10. The summed E-state index contributed by atoms with van der Waals surface area (Å²) in [5.74, 6) is -1.57. The molecule has 0 spiro atoms. The van der Waals surface area contributed by atoms with Gasteiger partial charge in [0.1, 0.15) is 11.6 Å². The van der Waals surface area contributed by atoms with Crippen LogP contribution in [0.1, 0.15) is 18.0 Å². The van der Waals surface area contributed by atoms with E-state index in [0.717, 1.165) is 17.7 Å². The number of nitrogens with one attached hydrogen (secondary N) is 2. The van der Waals surface area contributed by atoms with E-state index in [1.807, 2.05) is 30.3 Å². The number of benzene rings is 2. The Morgan fingerprint density at radius 3 is 2.50 bits per heavy atom. The van der Waals surface area contributed by atoms with Crippen LogP contribution < -0.4 is 10.6 Å². The summed E-state index contributed by atoms with van der Waals surface area (Å²) in [4.78, 5) is 11.9. The van der Waals surface area contributed by atoms with Crippen molar-refractivity contribution >= 4 is 11.7 Å². The van der Waals surface area contributed by atoms with Crippen LogP contribution in [0.4, 0.5) is 19.3 Å². The highest BCUT2D eigenvalue weighted by Crippen LogP contribution is 2.18. The molecule has 0 aromatic heterocycles. The number of aliphatic hydroxyl groups excluding tert-OH is 1. The van der Waals surface area contributed by atoms with Crippen molar-refractivity contribution in [1.82, 2.24) is 5.32 Å². The molecule has 0 aliphatic rings. The lowest BCUT2D eigenvalue weighted by Gasteiger charge is -2.19. The van der Waals surface area contributed by atoms with Gasteiger partial charge in [0.05, 0.1) is 11.7 Å². The molecule has 0 radical (unpaired) electrons. The number of rotatable bonds is 5. The minimum absolute atomic E-state index is 0.106. The number of carbonyl (C=O) groups is 1. The smallest absolute Gasteiger partial charge is 0.319 e. The van der Waals surface area contributed by atoms with Gasteiger partial charge in [-0.25, -0.2) is 13.6 Å². The van der Waals surface area contributed by atoms with Gasteiger partial charge in [-0.2, -0.15) is 0 Å². The zero-order valence-electron chi connectivity index (χ0n) is 11.7. The topological polar surface area (TPSA) is 61.4 Å². The highest BCUT2D eigenvalue weighted by molar-refractivity contribution is 5.89. The van der Waals surface area contributed by atoms with E-state index >= 15 is 0 Å². The largest absolute Gasteiger partial charge is 0.396 e. The van der Waals surface area contributed by atoms with Gasteiger partial charge in [-0.15, -0.1) is 0 Å². The molecule has 0 saturated carbocycles. The Morgan fingerprint density at radius 2 is 1.86 bits per heavy atom. The van der Waals surface area contributed by atoms with Gasteiger partial charge in [-0.3, -0.25) is 0 Å². The summed E-state index contributed by atoms with van der Waals surface area (Å²) in [6.07, 6.45) is 0.323. The summed E-state index contributed by atoms with van der Waals surface area (Å²) >= 11 is 0. The van der Waals surface area contributed by atoms with Crippen molar-refractivity contribution in [2.45, 2.75) is 12.5 Å². The van der Waals surface area contributed by atoms with Crippen molar-refractivity contribution in [2.75, 3.05) is 11.9 Å². The minimum Gasteiger partial charge on any atom is -0.396 e. The maximum atomic E-state index is 13.5. The van der Waals surface area contributed by atoms with Gasteiger partial charge in [0.25, 0.3) is 0 Å². The molecular formula is C16H16F2N2O2. The van der Waals surface area contributed by atoms with Crippen LogP contribution >= 0.6 is 0 Å². The van der Waals surface area contributed by atoms with Crippen LogP contribution in [0.2, 0.25) is 0 Å². The maximum Gasteiger partial charge on any atom is 0.319 e. The Labute approximate surface area is 126 Å². The molecule has 0 saturated heterocycles. The first-order valence-corrected chi connectivity index (χ1v) is 6.78. The molecule has 0 aliphatic carbocycles. The van der Waals surface area contributed by atoms with Crippen LogP contribution in [0.25, 0.3) is 0 Å². The zero-order chi connectivity index (χ0) is 15.9. The average molecular weight is 306 g/mol. The van der Waals surface area contributed by atoms with Crippen molar-refractivity contribution in [2.24, 2.45) is 0 Å². The third kappa shape index (κ3) is 4.26. The second-order valence-corrected chi connectivity index (χ2v) is 4.70. The predicted molar refractivity (Wildman–Crippen MR) is 79.4 cm³/mol. The summed E-state index contributed by atoms with van der Waals surface area (Å²) in [5, 5.41) is 14.1. The molecule has 1 atom stereocenters. The van der Waals surface area contributed by atoms with Crippen LogP contribution in [-0.4, -0.2) is 17.7 Å². The molecule has 0 unspecified atom stereocenters. The van der Waals surface area contributed by atoms with Crippen LogP contribution in [0.3, 0.4) is 0 Å². The number of hydrogen-bond acceptors (Lipinski definition) is 2. The maximum absolute atomic E-state index is 13.5. The quantitative estimate of drug-likeness (QED) is 0.794. The van der Waals surface area contributed by atoms with Crippen LogP contribution in [0.15, 0.2) is 48.5 Å². The summed E-state index contributed by atoms with van der Waals surface area (Å²) in [5.41, 5.74) is 0.709. The van der Waals surface area contributed by atoms with Crippen LogP contribution in [-0.2, 0) is 0 Å². The van der Waals surface area contributed by atoms with Gasteiger partial charge < -0.3 is 15.7 Å². The lowest BCUT2D eigenvalue weighted by molar-refractivity contribution is 0.239. The third-order valence-corrected chi connectivity index (χ3v) is 3.10. The minimum atomic E-state index is -0.853. The van der Waals surface area contributed by atoms with Crippen molar-refractivity contribution < 1.29 is 18.7 Å². The summed E-state index contributed by atoms with van der Waals surface area (Å²) < 4.78 is 26.3. The predicted octanol–water partition coefficient (Wildman–Crippen LogP) is 3.21. The molecule has 2 amide bonds. The summed E-state index contributed by atoms with van der Waals surface area (Å²) in [6, 6.07) is 11.0. The summed E-state index contributed by atoms with van der Waals surface area (Å²) in [7, 11) is 0. The average Bonchev–Trinajstić information content (AvgIpc) is 2.50. The van der Waals surface area contributed by atoms with E-state index < -0.39 is 23.7 Å². The second kappa shape index (κ2) is 7.51. The molecular weight excluding hydrogens is 290 g/mol. The molecule has 0 fully saturated rings. The normalized spacial score (nSPS) is 11.8. The molecule has 0 bridgehead atoms. The highest BCUT2D eigenvalue weighted by atomic mass is 19.1. The number of anilines is 1. The van der Waals surface area contributed by atoms with E-state index in [-0.39, 0.29) is 12.3 Å². The Bertz CT molecular complexity index is 635. The Kier molecular flexibility index (Phi) is 5.43. The van der Waals surface area contributed by atoms with E-state index in [4.69, 9.17) is 5.11 Å². The fraction of sp³-hybridized carbons (Fsp3) is 0.188. The van der Waals surface area contributed by atoms with Gasteiger partial charge in [-0.1, -0.05) is 30.3 Å². The highest BCUT2D eigenvalue weighted by Gasteiger charge is 2.15. The van der Waals surface area contributed by atoms with Crippen molar-refractivity contribution in [1.29, 1.82) is 0 Å². The molecule has 0 aliphatic heterocycles. The van der Waals surface area contributed by atoms with E-state index in [2.05, 4.69) is 10.6 Å². The van der Waals surface area contributed by atoms with Crippen LogP contribution in [0.5, 0.6) is 0 Å². The van der Waals surface area contributed by atoms with E-state index in [9.17, 15) is 13.6 Å². The Hall–Kier alpha value is -2.47. The van der Waals surface area contributed by atoms with E-state index in [1.165, 1.54) is 0 Å². The number of carbonyl (C=O) groups excluding carboxylic acids is 1. The van der Waals surface area contributed by atoms with Crippen molar-refractivity contribution in [3.8, 4) is 0 Å². The summed E-state index contributed by atoms with van der Waals surface area (Å²) in [6.45, 7) is -0.106. The Balaban J connectivity index is 2.05. The fourth-order valence-electron chi connectivity index (χ4n) is 2.04. The van der Waals surface area contributed by atoms with Crippen LogP contribution in [0, 0.1) is 11.6 Å². The molecule has 6 heteroatoms. The molecule has 0 heterocycles. The molecule has 2 rings (SSSR count). The number of amides is 2. The fourth-order valence-corrected chi connectivity index (χ4v) is 2.04. The van der Waals surface area contributed by atoms with Gasteiger partial charge in [0, 0.05) is 12.7 Å². The molecule has 2 aromatic carbocycles. The molecule has 4 nitrogen and oxygen atoms in total. The van der Waals surface area contributed by atoms with Gasteiger partial charge >= 0.3 is 6.03 Å². The van der Waals surface area contributed by atoms with Gasteiger partial charge in [-0.05, 0) is 24.1 Å². The van der Waals surface area contributed by atoms with Crippen molar-refractivity contribution in [3.63, 3.8) is 0 Å². The lowest BCUT2D eigenvalue weighted by atomic mass is 10.0. The van der Waals surface area contributed by atoms with E-state index in [1.54, 1.807) is 0 Å². The van der Waals surface area contributed by atoms with Gasteiger partial charge in [0.2, 0.25) is 0 Å². The first-order valence-electron chi connectivity index (χ1n) is 6.78. The zero-order valence-corrected chi connectivity index (χ0v) is 11.7. The second-order valence-electron chi connectivity index (χ2n) is 4.70. The number of hydrogen-bond donors (Lipinski definition) is 3. The lowest BCUT2D eigenvalue weighted by Crippen LogP contribution is -2.33. The first-order chi connectivity index (χ1) is 10.6. The van der Waals surface area contributed by atoms with Crippen molar-refractivity contribution in [3.05, 3.63) is 65.7 Å². The SMILES string of the molecule is O=C(Nc1ccc(F)cc1F)N[C@H](CCO)c1ccccc1. The monoisotopic (exact) mass is 306 g/mol. The first kappa shape index (κ1) is 15.9. The molecule has 2 aromatic rings. The number of aliphatic hydroxyl groups is 1. The molecule has 3 N–H and O–H groups in total. The van der Waals surface area contributed by atoms with Gasteiger partial charge in [0.15, 0.2) is 0 Å². The molecule has 22 heavy (non-hydrogen) atoms. The number of halogens is 2. The molecule has 116 valence electrons. The van der Waals surface area contributed by atoms with E-state index in [0.29, 0.717) is 12.5 Å². The Morgan fingerprint density at radius 1 is 1.14 bits per heavy atom. The standard InChI is InChI=1S/C16H16F2N2O2/c17-12-6-7-15(13(18)10-12)20-16(22)19-14(8-9-21)11-4-2-1-3-5-11/h1-7,10,14,21H,8-9H2,(H2,19,20,22)/t14-/m1/s1.